The van der Waals surface area contributed by atoms with Crippen LogP contribution in [0.4, 0.5) is 0 Å². The van der Waals surface area contributed by atoms with Gasteiger partial charge in [-0.15, -0.1) is 0 Å². The van der Waals surface area contributed by atoms with Gasteiger partial charge in [-0.3, -0.25) is 0 Å². The summed E-state index contributed by atoms with van der Waals surface area (Å²) >= 11 is 0. The van der Waals surface area contributed by atoms with E-state index in [0.29, 0.717) is 23.3 Å². The zero-order chi connectivity index (χ0) is 13.1. The maximum atomic E-state index is 11.1. The van der Waals surface area contributed by atoms with Crippen LogP contribution in [0, 0.1) is 23.2 Å². The molecule has 3 nitrogen and oxygen atoms in total. The van der Waals surface area contributed by atoms with Crippen molar-refractivity contribution < 1.29 is 15.0 Å². The van der Waals surface area contributed by atoms with Crippen LogP contribution >= 0.6 is 0 Å². The van der Waals surface area contributed by atoms with E-state index in [-0.39, 0.29) is 5.41 Å². The second-order valence-electron chi connectivity index (χ2n) is 6.99. The fourth-order valence-corrected chi connectivity index (χ4v) is 5.01. The fraction of sp³-hybridized carbons (Fsp3) is 0.800. The summed E-state index contributed by atoms with van der Waals surface area (Å²) in [5.41, 5.74) is -0.639. The topological polar surface area (TPSA) is 57.5 Å². The Labute approximate surface area is 108 Å². The van der Waals surface area contributed by atoms with E-state index in [2.05, 4.69) is 6.92 Å². The zero-order valence-electron chi connectivity index (χ0n) is 11.1. The molecule has 4 fully saturated rings. The van der Waals surface area contributed by atoms with Crippen molar-refractivity contribution in [3.63, 3.8) is 0 Å². The Hall–Kier alpha value is -0.830. The molecular formula is C15H22O3. The Morgan fingerprint density at radius 2 is 1.78 bits per heavy atom. The van der Waals surface area contributed by atoms with E-state index in [1.807, 2.05) is 6.08 Å². The first-order valence-corrected chi connectivity index (χ1v) is 6.99. The van der Waals surface area contributed by atoms with E-state index in [1.54, 1.807) is 6.92 Å². The molecule has 18 heavy (non-hydrogen) atoms. The number of rotatable bonds is 2. The lowest BCUT2D eigenvalue weighted by atomic mass is 9.43. The number of hydrogen-bond acceptors (Lipinski definition) is 2. The van der Waals surface area contributed by atoms with Crippen molar-refractivity contribution in [1.82, 2.24) is 0 Å². The molecule has 0 aliphatic heterocycles. The Bertz CT molecular complexity index is 411. The van der Waals surface area contributed by atoms with Gasteiger partial charge in [-0.25, -0.2) is 4.79 Å². The second kappa shape index (κ2) is 3.60. The molecule has 0 spiro atoms. The number of carboxylic acids is 1. The second-order valence-corrected chi connectivity index (χ2v) is 6.99. The maximum absolute atomic E-state index is 11.1. The predicted molar refractivity (Wildman–Crippen MR) is 68.0 cm³/mol. The molecule has 4 aliphatic carbocycles. The van der Waals surface area contributed by atoms with Crippen LogP contribution < -0.4 is 0 Å². The normalized spacial score (nSPS) is 50.6. The van der Waals surface area contributed by atoms with E-state index in [1.165, 1.54) is 19.3 Å². The molecule has 3 unspecified atom stereocenters. The SMILES string of the molecule is CC(=CC1(C)C2CC3CC(C2)CC1(O)C3)C(=O)O. The van der Waals surface area contributed by atoms with Gasteiger partial charge in [0.05, 0.1) is 5.60 Å². The van der Waals surface area contributed by atoms with Gasteiger partial charge >= 0.3 is 5.97 Å². The van der Waals surface area contributed by atoms with E-state index < -0.39 is 11.6 Å². The summed E-state index contributed by atoms with van der Waals surface area (Å²) in [6.07, 6.45) is 7.17. The van der Waals surface area contributed by atoms with Crippen molar-refractivity contribution in [1.29, 1.82) is 0 Å². The molecule has 100 valence electrons. The molecule has 4 saturated carbocycles. The third kappa shape index (κ3) is 1.49. The number of carboxylic acid groups (broad SMARTS) is 1. The van der Waals surface area contributed by atoms with Crippen LogP contribution in [-0.4, -0.2) is 21.8 Å². The minimum Gasteiger partial charge on any atom is -0.478 e. The molecule has 4 aliphatic rings. The maximum Gasteiger partial charge on any atom is 0.330 e. The first-order chi connectivity index (χ1) is 8.34. The molecule has 0 amide bonds. The number of hydrogen-bond donors (Lipinski definition) is 2. The molecule has 0 heterocycles. The van der Waals surface area contributed by atoms with Gasteiger partial charge in [-0.05, 0) is 56.8 Å². The average molecular weight is 250 g/mol. The van der Waals surface area contributed by atoms with Crippen molar-refractivity contribution in [3.05, 3.63) is 11.6 Å². The van der Waals surface area contributed by atoms with Crippen LogP contribution in [0.1, 0.15) is 46.0 Å². The van der Waals surface area contributed by atoms with E-state index in [4.69, 9.17) is 5.11 Å². The number of aliphatic carboxylic acids is 1. The summed E-state index contributed by atoms with van der Waals surface area (Å²) in [5, 5.41) is 20.1. The van der Waals surface area contributed by atoms with E-state index >= 15 is 0 Å². The number of carbonyl (C=O) groups is 1. The summed E-state index contributed by atoms with van der Waals surface area (Å²) in [6, 6.07) is 0. The van der Waals surface area contributed by atoms with Gasteiger partial charge < -0.3 is 10.2 Å². The van der Waals surface area contributed by atoms with Crippen LogP contribution in [0.15, 0.2) is 11.6 Å². The van der Waals surface area contributed by atoms with Gasteiger partial charge in [0.1, 0.15) is 0 Å². The quantitative estimate of drug-likeness (QED) is 0.741. The van der Waals surface area contributed by atoms with Gasteiger partial charge in [0.2, 0.25) is 0 Å². The molecule has 0 radical (unpaired) electrons. The van der Waals surface area contributed by atoms with Crippen LogP contribution in [0.2, 0.25) is 0 Å². The number of aliphatic hydroxyl groups is 1. The predicted octanol–water partition coefficient (Wildman–Crippen LogP) is 2.59. The molecular weight excluding hydrogens is 228 g/mol. The lowest BCUT2D eigenvalue weighted by Gasteiger charge is -2.63. The molecule has 4 bridgehead atoms. The Morgan fingerprint density at radius 3 is 2.22 bits per heavy atom. The first-order valence-electron chi connectivity index (χ1n) is 6.99. The zero-order valence-corrected chi connectivity index (χ0v) is 11.1. The summed E-state index contributed by atoms with van der Waals surface area (Å²) in [4.78, 5) is 11.1. The van der Waals surface area contributed by atoms with Crippen LogP contribution in [0.25, 0.3) is 0 Å². The molecule has 4 rings (SSSR count). The van der Waals surface area contributed by atoms with Gasteiger partial charge in [-0.2, -0.15) is 0 Å². The lowest BCUT2D eigenvalue weighted by Crippen LogP contribution is -2.62. The summed E-state index contributed by atoms with van der Waals surface area (Å²) in [7, 11) is 0. The summed E-state index contributed by atoms with van der Waals surface area (Å²) in [6.45, 7) is 3.71. The van der Waals surface area contributed by atoms with E-state index in [9.17, 15) is 9.90 Å². The smallest absolute Gasteiger partial charge is 0.330 e. The third-order valence-electron chi connectivity index (χ3n) is 5.86. The van der Waals surface area contributed by atoms with Crippen molar-refractivity contribution in [2.45, 2.75) is 51.6 Å². The van der Waals surface area contributed by atoms with Crippen molar-refractivity contribution in [3.8, 4) is 0 Å². The monoisotopic (exact) mass is 250 g/mol. The molecule has 0 aromatic rings. The van der Waals surface area contributed by atoms with Crippen LogP contribution in [0.3, 0.4) is 0 Å². The molecule has 0 saturated heterocycles. The van der Waals surface area contributed by atoms with Crippen LogP contribution in [0.5, 0.6) is 0 Å². The Balaban J connectivity index is 2.01. The van der Waals surface area contributed by atoms with Crippen molar-refractivity contribution in [2.24, 2.45) is 23.2 Å². The van der Waals surface area contributed by atoms with Gasteiger partial charge in [-0.1, -0.05) is 13.0 Å². The Kier molecular flexibility index (Phi) is 2.44. The van der Waals surface area contributed by atoms with Crippen molar-refractivity contribution >= 4 is 5.97 Å². The van der Waals surface area contributed by atoms with Crippen LogP contribution in [-0.2, 0) is 4.79 Å². The summed E-state index contributed by atoms with van der Waals surface area (Å²) < 4.78 is 0. The van der Waals surface area contributed by atoms with Gasteiger partial charge in [0.25, 0.3) is 0 Å². The lowest BCUT2D eigenvalue weighted by molar-refractivity contribution is -0.200. The first kappa shape index (κ1) is 12.2. The molecule has 3 atom stereocenters. The highest BCUT2D eigenvalue weighted by molar-refractivity contribution is 5.86. The molecule has 2 N–H and O–H groups in total. The largest absolute Gasteiger partial charge is 0.478 e. The standard InChI is InChI=1S/C15H22O3/c1-9(13(16)17)6-14(2)12-4-10-3-11(5-12)8-15(14,18)7-10/h6,10-12,18H,3-5,7-8H2,1-2H3,(H,16,17). The summed E-state index contributed by atoms with van der Waals surface area (Å²) in [5.74, 6) is 0.926. The van der Waals surface area contributed by atoms with Crippen molar-refractivity contribution in [2.75, 3.05) is 0 Å². The molecule has 3 heteroatoms. The minimum atomic E-state index is -0.867. The average Bonchev–Trinajstić information content (AvgIpc) is 2.24. The highest BCUT2D eigenvalue weighted by Gasteiger charge is 2.61. The molecule has 0 aromatic heterocycles. The third-order valence-corrected chi connectivity index (χ3v) is 5.86. The minimum absolute atomic E-state index is 0.344. The highest BCUT2D eigenvalue weighted by Crippen LogP contribution is 2.64. The fourth-order valence-electron chi connectivity index (χ4n) is 5.01. The highest BCUT2D eigenvalue weighted by atomic mass is 16.4. The molecule has 0 aromatic carbocycles. The van der Waals surface area contributed by atoms with E-state index in [0.717, 1.165) is 12.8 Å². The van der Waals surface area contributed by atoms with Gasteiger partial charge in [0.15, 0.2) is 0 Å². The Morgan fingerprint density at radius 1 is 1.22 bits per heavy atom. The van der Waals surface area contributed by atoms with Gasteiger partial charge in [0, 0.05) is 11.0 Å².